The zero-order valence-electron chi connectivity index (χ0n) is 13.7. The van der Waals surface area contributed by atoms with Crippen LogP contribution in [0.1, 0.15) is 21.6 Å². The van der Waals surface area contributed by atoms with E-state index >= 15 is 0 Å². The van der Waals surface area contributed by atoms with Gasteiger partial charge in [0.1, 0.15) is 11.6 Å². The van der Waals surface area contributed by atoms with E-state index in [0.29, 0.717) is 27.9 Å². The lowest BCUT2D eigenvalue weighted by Crippen LogP contribution is -2.13. The number of carbonyl (C=O) groups excluding carboxylic acids is 1. The van der Waals surface area contributed by atoms with E-state index in [4.69, 9.17) is 4.74 Å². The molecule has 2 aromatic carbocycles. The summed E-state index contributed by atoms with van der Waals surface area (Å²) in [7, 11) is 1.56. The van der Waals surface area contributed by atoms with Crippen molar-refractivity contribution in [3.05, 3.63) is 65.1 Å². The Morgan fingerprint density at radius 3 is 2.67 bits per heavy atom. The number of halogens is 1. The molecule has 0 bridgehead atoms. The fraction of sp³-hybridized carbons (Fsp3) is 0.158. The molecule has 24 heavy (non-hydrogen) atoms. The molecule has 0 spiro atoms. The summed E-state index contributed by atoms with van der Waals surface area (Å²) in [6.45, 7) is 3.73. The Kier molecular flexibility index (Phi) is 4.16. The van der Waals surface area contributed by atoms with Crippen LogP contribution in [-0.2, 0) is 0 Å². The number of rotatable bonds is 3. The van der Waals surface area contributed by atoms with E-state index < -0.39 is 0 Å². The molecule has 1 amide bonds. The van der Waals surface area contributed by atoms with Crippen LogP contribution < -0.4 is 10.1 Å². The van der Waals surface area contributed by atoms with Gasteiger partial charge in [-0.2, -0.15) is 0 Å². The summed E-state index contributed by atoms with van der Waals surface area (Å²) < 4.78 is 18.8. The van der Waals surface area contributed by atoms with E-state index in [9.17, 15) is 9.18 Å². The monoisotopic (exact) mass is 324 g/mol. The number of amides is 1. The molecule has 0 saturated carbocycles. The molecule has 1 heterocycles. The molecular weight excluding hydrogens is 307 g/mol. The molecule has 0 saturated heterocycles. The fourth-order valence-corrected chi connectivity index (χ4v) is 2.59. The third kappa shape index (κ3) is 3.06. The van der Waals surface area contributed by atoms with Crippen LogP contribution >= 0.6 is 0 Å². The quantitative estimate of drug-likeness (QED) is 0.783. The first-order valence-electron chi connectivity index (χ1n) is 7.51. The Balaban J connectivity index is 2.00. The molecule has 122 valence electrons. The Morgan fingerprint density at radius 2 is 1.92 bits per heavy atom. The normalized spacial score (nSPS) is 10.7. The van der Waals surface area contributed by atoms with Gasteiger partial charge in [-0.15, -0.1) is 0 Å². The second-order valence-corrected chi connectivity index (χ2v) is 5.61. The zero-order chi connectivity index (χ0) is 17.3. The van der Waals surface area contributed by atoms with Crippen LogP contribution in [0.5, 0.6) is 5.75 Å². The van der Waals surface area contributed by atoms with Gasteiger partial charge in [-0.05, 0) is 55.8 Å². The maximum atomic E-state index is 13.6. The number of methoxy groups -OCH3 is 1. The molecule has 1 N–H and O–H groups in total. The number of anilines is 1. The number of carbonyl (C=O) groups is 1. The highest BCUT2D eigenvalue weighted by atomic mass is 19.1. The van der Waals surface area contributed by atoms with Crippen molar-refractivity contribution in [1.82, 2.24) is 4.98 Å². The Hall–Kier alpha value is -2.95. The maximum absolute atomic E-state index is 13.6. The van der Waals surface area contributed by atoms with Crippen molar-refractivity contribution in [2.45, 2.75) is 13.8 Å². The standard InChI is InChI=1S/C19H17FN2O2/c1-11-4-5-13(9-18(11)24-3)19(23)22-17-8-12(2)21-16-7-6-14(20)10-15(16)17/h4-10H,1-3H3,(H,21,22,23). The summed E-state index contributed by atoms with van der Waals surface area (Å²) in [6.07, 6.45) is 0. The minimum atomic E-state index is -0.374. The average molecular weight is 324 g/mol. The molecule has 0 aliphatic heterocycles. The van der Waals surface area contributed by atoms with Crippen LogP contribution in [0.2, 0.25) is 0 Å². The number of fused-ring (bicyclic) bond motifs is 1. The molecule has 0 aliphatic rings. The van der Waals surface area contributed by atoms with Gasteiger partial charge in [0.05, 0.1) is 18.3 Å². The van der Waals surface area contributed by atoms with Gasteiger partial charge in [0.2, 0.25) is 0 Å². The summed E-state index contributed by atoms with van der Waals surface area (Å²) in [5, 5.41) is 3.40. The number of ether oxygens (including phenoxy) is 1. The van der Waals surface area contributed by atoms with Crippen LogP contribution in [0, 0.1) is 19.7 Å². The molecule has 0 fully saturated rings. The Bertz CT molecular complexity index is 938. The van der Waals surface area contributed by atoms with Crippen molar-refractivity contribution in [1.29, 1.82) is 0 Å². The molecule has 0 unspecified atom stereocenters. The van der Waals surface area contributed by atoms with Gasteiger partial charge in [0, 0.05) is 16.6 Å². The lowest BCUT2D eigenvalue weighted by Gasteiger charge is -2.11. The molecule has 1 aromatic heterocycles. The molecule has 4 nitrogen and oxygen atoms in total. The number of nitrogens with one attached hydrogen (secondary N) is 1. The lowest BCUT2D eigenvalue weighted by atomic mass is 10.1. The third-order valence-corrected chi connectivity index (χ3v) is 3.82. The second kappa shape index (κ2) is 6.28. The van der Waals surface area contributed by atoms with Crippen LogP contribution in [0.15, 0.2) is 42.5 Å². The van der Waals surface area contributed by atoms with E-state index in [1.54, 1.807) is 31.4 Å². The van der Waals surface area contributed by atoms with Gasteiger partial charge < -0.3 is 10.1 Å². The number of benzene rings is 2. The van der Waals surface area contributed by atoms with Crippen LogP contribution in [0.3, 0.4) is 0 Å². The van der Waals surface area contributed by atoms with Gasteiger partial charge in [-0.3, -0.25) is 9.78 Å². The highest BCUT2D eigenvalue weighted by Gasteiger charge is 2.12. The van der Waals surface area contributed by atoms with Crippen LogP contribution in [-0.4, -0.2) is 18.0 Å². The summed E-state index contributed by atoms with van der Waals surface area (Å²) in [6, 6.07) is 11.3. The van der Waals surface area contributed by atoms with E-state index in [-0.39, 0.29) is 11.7 Å². The molecular formula is C19H17FN2O2. The first-order chi connectivity index (χ1) is 11.5. The van der Waals surface area contributed by atoms with E-state index in [2.05, 4.69) is 10.3 Å². The molecule has 0 atom stereocenters. The van der Waals surface area contributed by atoms with Gasteiger partial charge in [0.15, 0.2) is 0 Å². The minimum absolute atomic E-state index is 0.288. The minimum Gasteiger partial charge on any atom is -0.496 e. The maximum Gasteiger partial charge on any atom is 0.255 e. The van der Waals surface area contributed by atoms with Gasteiger partial charge in [0.25, 0.3) is 5.91 Å². The average Bonchev–Trinajstić information content (AvgIpc) is 2.55. The van der Waals surface area contributed by atoms with Crippen LogP contribution in [0.25, 0.3) is 10.9 Å². The van der Waals surface area contributed by atoms with Crippen molar-refractivity contribution < 1.29 is 13.9 Å². The van der Waals surface area contributed by atoms with Crippen molar-refractivity contribution in [2.75, 3.05) is 12.4 Å². The molecule has 5 heteroatoms. The molecule has 3 aromatic rings. The number of nitrogens with zero attached hydrogens (tertiary/aromatic N) is 1. The van der Waals surface area contributed by atoms with E-state index in [1.807, 2.05) is 19.9 Å². The number of aromatic nitrogens is 1. The first-order valence-corrected chi connectivity index (χ1v) is 7.51. The summed E-state index contributed by atoms with van der Waals surface area (Å²) in [5.74, 6) is -0.0189. The van der Waals surface area contributed by atoms with Crippen molar-refractivity contribution >= 4 is 22.5 Å². The molecule has 0 radical (unpaired) electrons. The van der Waals surface area contributed by atoms with Gasteiger partial charge >= 0.3 is 0 Å². The summed E-state index contributed by atoms with van der Waals surface area (Å²) in [5.41, 5.74) is 3.32. The largest absolute Gasteiger partial charge is 0.496 e. The number of hydrogen-bond acceptors (Lipinski definition) is 3. The predicted octanol–water partition coefficient (Wildman–Crippen LogP) is 4.25. The van der Waals surface area contributed by atoms with Gasteiger partial charge in [-0.25, -0.2) is 4.39 Å². The summed E-state index contributed by atoms with van der Waals surface area (Å²) >= 11 is 0. The number of pyridine rings is 1. The SMILES string of the molecule is COc1cc(C(=O)Nc2cc(C)nc3ccc(F)cc23)ccc1C. The topological polar surface area (TPSA) is 51.2 Å². The Morgan fingerprint density at radius 1 is 1.12 bits per heavy atom. The van der Waals surface area contributed by atoms with Crippen molar-refractivity contribution in [2.24, 2.45) is 0 Å². The second-order valence-electron chi connectivity index (χ2n) is 5.61. The van der Waals surface area contributed by atoms with Crippen molar-refractivity contribution in [3.8, 4) is 5.75 Å². The third-order valence-electron chi connectivity index (χ3n) is 3.82. The van der Waals surface area contributed by atoms with Gasteiger partial charge in [-0.1, -0.05) is 6.07 Å². The van der Waals surface area contributed by atoms with Crippen LogP contribution in [0.4, 0.5) is 10.1 Å². The molecule has 0 aliphatic carbocycles. The number of aryl methyl sites for hydroxylation is 2. The highest BCUT2D eigenvalue weighted by molar-refractivity contribution is 6.08. The van der Waals surface area contributed by atoms with E-state index in [1.165, 1.54) is 12.1 Å². The zero-order valence-corrected chi connectivity index (χ0v) is 13.7. The Labute approximate surface area is 139 Å². The summed E-state index contributed by atoms with van der Waals surface area (Å²) in [4.78, 5) is 16.9. The smallest absolute Gasteiger partial charge is 0.255 e. The van der Waals surface area contributed by atoms with Crippen molar-refractivity contribution in [3.63, 3.8) is 0 Å². The first kappa shape index (κ1) is 15.9. The van der Waals surface area contributed by atoms with E-state index in [0.717, 1.165) is 11.3 Å². The predicted molar refractivity (Wildman–Crippen MR) is 92.1 cm³/mol. The molecule has 3 rings (SSSR count). The lowest BCUT2D eigenvalue weighted by molar-refractivity contribution is 0.102. The highest BCUT2D eigenvalue weighted by Crippen LogP contribution is 2.25. The fourth-order valence-electron chi connectivity index (χ4n) is 2.59. The number of hydrogen-bond donors (Lipinski definition) is 1.